The zero-order valence-corrected chi connectivity index (χ0v) is 10.2. The maximum Gasteiger partial charge on any atom is 0.218 e. The number of nitrogens with zero attached hydrogens (tertiary/aromatic N) is 3. The summed E-state index contributed by atoms with van der Waals surface area (Å²) >= 11 is 0. The molecule has 0 spiro atoms. The highest BCUT2D eigenvalue weighted by atomic mass is 16.5. The predicted octanol–water partition coefficient (Wildman–Crippen LogP) is 0.921. The molecule has 1 aromatic heterocycles. The quantitative estimate of drug-likeness (QED) is 0.698. The monoisotopic (exact) mass is 224 g/mol. The van der Waals surface area contributed by atoms with Gasteiger partial charge in [0.15, 0.2) is 0 Å². The zero-order chi connectivity index (χ0) is 11.8. The second-order valence-corrected chi connectivity index (χ2v) is 3.53. The highest BCUT2D eigenvalue weighted by Gasteiger charge is 2.04. The summed E-state index contributed by atoms with van der Waals surface area (Å²) in [6, 6.07) is 1.86. The van der Waals surface area contributed by atoms with Gasteiger partial charge in [-0.25, -0.2) is 9.97 Å². The van der Waals surface area contributed by atoms with E-state index in [0.29, 0.717) is 12.5 Å². The van der Waals surface area contributed by atoms with Gasteiger partial charge in [-0.2, -0.15) is 0 Å². The lowest BCUT2D eigenvalue weighted by Gasteiger charge is -2.18. The van der Waals surface area contributed by atoms with Crippen LogP contribution in [0.5, 0.6) is 5.88 Å². The lowest BCUT2D eigenvalue weighted by atomic mass is 10.4. The molecule has 16 heavy (non-hydrogen) atoms. The average Bonchev–Trinajstić information content (AvgIpc) is 2.30. The molecule has 0 radical (unpaired) electrons. The molecule has 0 aliphatic rings. The van der Waals surface area contributed by atoms with Crippen molar-refractivity contribution in [2.75, 3.05) is 38.7 Å². The molecule has 5 heteroatoms. The summed E-state index contributed by atoms with van der Waals surface area (Å²) in [7, 11) is 3.98. The molecule has 0 aromatic carbocycles. The van der Waals surface area contributed by atoms with Gasteiger partial charge in [-0.05, 0) is 26.9 Å². The molecule has 1 N–H and O–H groups in total. The molecular formula is C11H20N4O. The minimum atomic E-state index is 0.625. The second-order valence-electron chi connectivity index (χ2n) is 3.53. The number of rotatable bonds is 7. The van der Waals surface area contributed by atoms with Crippen LogP contribution in [0.4, 0.5) is 5.82 Å². The van der Waals surface area contributed by atoms with E-state index in [4.69, 9.17) is 4.74 Å². The molecule has 1 heterocycles. The van der Waals surface area contributed by atoms with Crippen molar-refractivity contribution < 1.29 is 4.74 Å². The van der Waals surface area contributed by atoms with Gasteiger partial charge in [-0.1, -0.05) is 0 Å². The fourth-order valence-electron chi connectivity index (χ4n) is 1.37. The maximum atomic E-state index is 5.33. The van der Waals surface area contributed by atoms with E-state index in [0.717, 1.165) is 25.3 Å². The van der Waals surface area contributed by atoms with E-state index >= 15 is 0 Å². The maximum absolute atomic E-state index is 5.33. The Morgan fingerprint density at radius 2 is 2.25 bits per heavy atom. The summed E-state index contributed by atoms with van der Waals surface area (Å²) in [4.78, 5) is 10.3. The third kappa shape index (κ3) is 4.02. The Balaban J connectivity index is 2.53. The van der Waals surface area contributed by atoms with E-state index in [9.17, 15) is 0 Å². The average molecular weight is 224 g/mol. The molecule has 90 valence electrons. The van der Waals surface area contributed by atoms with Gasteiger partial charge in [0, 0.05) is 19.7 Å². The van der Waals surface area contributed by atoms with Crippen LogP contribution in [0.1, 0.15) is 13.3 Å². The SMILES string of the molecule is CCOc1cc(N(C)CCCNC)ncn1. The van der Waals surface area contributed by atoms with E-state index < -0.39 is 0 Å². The molecule has 1 rings (SSSR count). The van der Waals surface area contributed by atoms with Crippen molar-refractivity contribution in [3.63, 3.8) is 0 Å². The van der Waals surface area contributed by atoms with Crippen LogP contribution in [0, 0.1) is 0 Å². The molecule has 0 unspecified atom stereocenters. The first-order chi connectivity index (χ1) is 7.77. The summed E-state index contributed by atoms with van der Waals surface area (Å²) < 4.78 is 5.33. The molecule has 0 aliphatic heterocycles. The van der Waals surface area contributed by atoms with Crippen LogP contribution in [0.15, 0.2) is 12.4 Å². The fourth-order valence-corrected chi connectivity index (χ4v) is 1.37. The second kappa shape index (κ2) is 7.00. The number of anilines is 1. The molecule has 5 nitrogen and oxygen atoms in total. The zero-order valence-electron chi connectivity index (χ0n) is 10.2. The molecule has 0 bridgehead atoms. The summed E-state index contributed by atoms with van der Waals surface area (Å²) in [5, 5.41) is 3.12. The van der Waals surface area contributed by atoms with Gasteiger partial charge in [-0.15, -0.1) is 0 Å². The Hall–Kier alpha value is -1.36. The first-order valence-electron chi connectivity index (χ1n) is 5.58. The molecular weight excluding hydrogens is 204 g/mol. The van der Waals surface area contributed by atoms with Gasteiger partial charge in [0.05, 0.1) is 6.61 Å². The van der Waals surface area contributed by atoms with E-state index in [1.807, 2.05) is 27.1 Å². The van der Waals surface area contributed by atoms with Crippen LogP contribution in [0.3, 0.4) is 0 Å². The summed E-state index contributed by atoms with van der Waals surface area (Å²) in [6.07, 6.45) is 2.62. The molecule has 0 fully saturated rings. The molecule has 0 aliphatic carbocycles. The van der Waals surface area contributed by atoms with Crippen LogP contribution in [-0.4, -0.2) is 43.8 Å². The Labute approximate surface area is 96.8 Å². The van der Waals surface area contributed by atoms with E-state index in [1.165, 1.54) is 6.33 Å². The lowest BCUT2D eigenvalue weighted by molar-refractivity contribution is 0.326. The topological polar surface area (TPSA) is 50.3 Å². The van der Waals surface area contributed by atoms with E-state index in [-0.39, 0.29) is 0 Å². The molecule has 1 aromatic rings. The van der Waals surface area contributed by atoms with Gasteiger partial charge >= 0.3 is 0 Å². The van der Waals surface area contributed by atoms with Gasteiger partial charge in [-0.3, -0.25) is 0 Å². The minimum absolute atomic E-state index is 0.625. The van der Waals surface area contributed by atoms with Crippen molar-refractivity contribution in [1.29, 1.82) is 0 Å². The first-order valence-corrected chi connectivity index (χ1v) is 5.58. The van der Waals surface area contributed by atoms with Crippen molar-refractivity contribution in [1.82, 2.24) is 15.3 Å². The molecule has 0 saturated heterocycles. The van der Waals surface area contributed by atoms with Crippen LogP contribution in [0.25, 0.3) is 0 Å². The summed E-state index contributed by atoms with van der Waals surface area (Å²) in [5.41, 5.74) is 0. The Bertz CT molecular complexity index is 306. The molecule has 0 atom stereocenters. The van der Waals surface area contributed by atoms with Crippen molar-refractivity contribution in [3.05, 3.63) is 12.4 Å². The van der Waals surface area contributed by atoms with Crippen LogP contribution in [-0.2, 0) is 0 Å². The van der Waals surface area contributed by atoms with Crippen LogP contribution >= 0.6 is 0 Å². The number of hydrogen-bond donors (Lipinski definition) is 1. The first kappa shape index (κ1) is 12.7. The minimum Gasteiger partial charge on any atom is -0.478 e. The molecule has 0 amide bonds. The Kier molecular flexibility index (Phi) is 5.56. The van der Waals surface area contributed by atoms with E-state index in [1.54, 1.807) is 0 Å². The van der Waals surface area contributed by atoms with Gasteiger partial charge in [0.2, 0.25) is 5.88 Å². The smallest absolute Gasteiger partial charge is 0.218 e. The largest absolute Gasteiger partial charge is 0.478 e. The standard InChI is InChI=1S/C11H20N4O/c1-4-16-11-8-10(13-9-14-11)15(3)7-5-6-12-2/h8-9,12H,4-7H2,1-3H3. The van der Waals surface area contributed by atoms with Gasteiger partial charge in [0.1, 0.15) is 12.1 Å². The highest BCUT2D eigenvalue weighted by molar-refractivity contribution is 5.39. The Morgan fingerprint density at radius 3 is 2.94 bits per heavy atom. The van der Waals surface area contributed by atoms with Crippen LogP contribution in [0.2, 0.25) is 0 Å². The number of aromatic nitrogens is 2. The fraction of sp³-hybridized carbons (Fsp3) is 0.636. The number of nitrogens with one attached hydrogen (secondary N) is 1. The van der Waals surface area contributed by atoms with Crippen LogP contribution < -0.4 is 15.0 Å². The van der Waals surface area contributed by atoms with Gasteiger partial charge in [0.25, 0.3) is 0 Å². The lowest BCUT2D eigenvalue weighted by Crippen LogP contribution is -2.23. The normalized spacial score (nSPS) is 10.2. The predicted molar refractivity (Wildman–Crippen MR) is 65.0 cm³/mol. The van der Waals surface area contributed by atoms with Gasteiger partial charge < -0.3 is 15.0 Å². The highest BCUT2D eigenvalue weighted by Crippen LogP contribution is 2.14. The number of hydrogen-bond acceptors (Lipinski definition) is 5. The Morgan fingerprint density at radius 1 is 1.44 bits per heavy atom. The summed E-state index contributed by atoms with van der Waals surface area (Å²) in [5.74, 6) is 1.53. The third-order valence-corrected chi connectivity index (χ3v) is 2.23. The third-order valence-electron chi connectivity index (χ3n) is 2.23. The molecule has 0 saturated carbocycles. The number of ether oxygens (including phenoxy) is 1. The van der Waals surface area contributed by atoms with Crippen molar-refractivity contribution in [2.45, 2.75) is 13.3 Å². The van der Waals surface area contributed by atoms with E-state index in [2.05, 4.69) is 20.2 Å². The van der Waals surface area contributed by atoms with Crippen molar-refractivity contribution in [3.8, 4) is 5.88 Å². The van der Waals surface area contributed by atoms with Crippen molar-refractivity contribution >= 4 is 5.82 Å². The van der Waals surface area contributed by atoms with Crippen molar-refractivity contribution in [2.24, 2.45) is 0 Å². The summed E-state index contributed by atoms with van der Waals surface area (Å²) in [6.45, 7) is 4.54.